The third kappa shape index (κ3) is 2.99. The van der Waals surface area contributed by atoms with E-state index in [0.717, 1.165) is 16.8 Å². The second-order valence-corrected chi connectivity index (χ2v) is 5.42. The van der Waals surface area contributed by atoms with Gasteiger partial charge in [-0.1, -0.05) is 18.2 Å². The highest BCUT2D eigenvalue weighted by Crippen LogP contribution is 2.15. The number of carbonyl (C=O) groups is 1. The van der Waals surface area contributed by atoms with Gasteiger partial charge in [0.2, 0.25) is 0 Å². The maximum atomic E-state index is 12.5. The van der Waals surface area contributed by atoms with Crippen molar-refractivity contribution >= 4 is 17.8 Å². The Morgan fingerprint density at radius 2 is 2.04 bits per heavy atom. The minimum atomic E-state index is -0.309. The standard InChI is InChI=1S/C18H18N4O2/c1-12-8-9-16-20-13(2)17(22(16)11-12)18(23)21-19-10-14-6-4-5-7-15(14)24-3/h4-11H,1-3H3,(H,21,23). The Morgan fingerprint density at radius 3 is 2.83 bits per heavy atom. The van der Waals surface area contributed by atoms with Gasteiger partial charge in [0, 0.05) is 11.8 Å². The number of aryl methyl sites for hydroxylation is 2. The van der Waals surface area contributed by atoms with Crippen molar-refractivity contribution in [1.82, 2.24) is 14.8 Å². The van der Waals surface area contributed by atoms with Crippen LogP contribution in [-0.4, -0.2) is 28.6 Å². The van der Waals surface area contributed by atoms with Gasteiger partial charge in [-0.3, -0.25) is 9.20 Å². The van der Waals surface area contributed by atoms with Gasteiger partial charge in [-0.25, -0.2) is 10.4 Å². The number of hydrazone groups is 1. The number of nitrogens with one attached hydrogen (secondary N) is 1. The minimum absolute atomic E-state index is 0.309. The lowest BCUT2D eigenvalue weighted by atomic mass is 10.2. The molecule has 3 aromatic rings. The van der Waals surface area contributed by atoms with Crippen LogP contribution in [0.25, 0.3) is 5.65 Å². The van der Waals surface area contributed by atoms with E-state index in [0.29, 0.717) is 17.1 Å². The van der Waals surface area contributed by atoms with Crippen LogP contribution in [0.15, 0.2) is 47.7 Å². The SMILES string of the molecule is COc1ccccc1C=NNC(=O)c1c(C)nc2ccc(C)cn12. The summed E-state index contributed by atoms with van der Waals surface area (Å²) in [6.45, 7) is 3.78. The van der Waals surface area contributed by atoms with E-state index in [-0.39, 0.29) is 5.91 Å². The maximum absolute atomic E-state index is 12.5. The Hall–Kier alpha value is -3.15. The van der Waals surface area contributed by atoms with E-state index < -0.39 is 0 Å². The van der Waals surface area contributed by atoms with Crippen molar-refractivity contribution < 1.29 is 9.53 Å². The molecule has 3 rings (SSSR count). The van der Waals surface area contributed by atoms with Crippen molar-refractivity contribution in [3.63, 3.8) is 0 Å². The number of aromatic nitrogens is 2. The zero-order chi connectivity index (χ0) is 17.1. The first kappa shape index (κ1) is 15.7. The molecule has 1 aromatic carbocycles. The molecule has 6 nitrogen and oxygen atoms in total. The lowest BCUT2D eigenvalue weighted by Gasteiger charge is -2.04. The number of fused-ring (bicyclic) bond motifs is 1. The molecule has 6 heteroatoms. The van der Waals surface area contributed by atoms with E-state index in [9.17, 15) is 4.79 Å². The summed E-state index contributed by atoms with van der Waals surface area (Å²) < 4.78 is 7.02. The Bertz CT molecular complexity index is 928. The average molecular weight is 322 g/mol. The Balaban J connectivity index is 1.84. The highest BCUT2D eigenvalue weighted by Gasteiger charge is 2.16. The van der Waals surface area contributed by atoms with Crippen molar-refractivity contribution in [1.29, 1.82) is 0 Å². The molecule has 0 spiro atoms. The van der Waals surface area contributed by atoms with Crippen LogP contribution in [0.4, 0.5) is 0 Å². The number of imidazole rings is 1. The summed E-state index contributed by atoms with van der Waals surface area (Å²) in [6, 6.07) is 11.3. The molecule has 0 aliphatic rings. The molecular weight excluding hydrogens is 304 g/mol. The highest BCUT2D eigenvalue weighted by atomic mass is 16.5. The van der Waals surface area contributed by atoms with Gasteiger partial charge in [0.15, 0.2) is 0 Å². The topological polar surface area (TPSA) is 68.0 Å². The van der Waals surface area contributed by atoms with Gasteiger partial charge < -0.3 is 4.74 Å². The van der Waals surface area contributed by atoms with E-state index in [2.05, 4.69) is 15.5 Å². The third-order valence-electron chi connectivity index (χ3n) is 3.66. The monoisotopic (exact) mass is 322 g/mol. The number of nitrogens with zero attached hydrogens (tertiary/aromatic N) is 3. The first-order valence-electron chi connectivity index (χ1n) is 7.52. The zero-order valence-electron chi connectivity index (χ0n) is 13.8. The third-order valence-corrected chi connectivity index (χ3v) is 3.66. The fourth-order valence-corrected chi connectivity index (χ4v) is 2.53. The van der Waals surface area contributed by atoms with E-state index in [1.165, 1.54) is 0 Å². The number of methoxy groups -OCH3 is 1. The molecule has 2 heterocycles. The summed E-state index contributed by atoms with van der Waals surface area (Å²) in [5.41, 5.74) is 6.25. The number of benzene rings is 1. The Morgan fingerprint density at radius 1 is 1.25 bits per heavy atom. The van der Waals surface area contributed by atoms with E-state index in [4.69, 9.17) is 4.74 Å². The number of hydrogen-bond acceptors (Lipinski definition) is 4. The van der Waals surface area contributed by atoms with Crippen LogP contribution in [0.2, 0.25) is 0 Å². The zero-order valence-corrected chi connectivity index (χ0v) is 13.8. The molecule has 0 aliphatic heterocycles. The van der Waals surface area contributed by atoms with Gasteiger partial charge in [-0.15, -0.1) is 0 Å². The smallest absolute Gasteiger partial charge is 0.290 e. The first-order chi connectivity index (χ1) is 11.6. The molecule has 0 unspecified atom stereocenters. The molecule has 0 saturated heterocycles. The molecule has 0 atom stereocenters. The van der Waals surface area contributed by atoms with E-state index >= 15 is 0 Å². The van der Waals surface area contributed by atoms with Crippen LogP contribution in [0.5, 0.6) is 5.75 Å². The van der Waals surface area contributed by atoms with Crippen molar-refractivity contribution in [2.24, 2.45) is 5.10 Å². The van der Waals surface area contributed by atoms with Crippen molar-refractivity contribution in [2.45, 2.75) is 13.8 Å². The number of pyridine rings is 1. The van der Waals surface area contributed by atoms with Gasteiger partial charge in [-0.2, -0.15) is 5.10 Å². The van der Waals surface area contributed by atoms with Crippen LogP contribution in [0.3, 0.4) is 0 Å². The van der Waals surface area contributed by atoms with Crippen LogP contribution < -0.4 is 10.2 Å². The fourth-order valence-electron chi connectivity index (χ4n) is 2.53. The summed E-state index contributed by atoms with van der Waals surface area (Å²) in [5, 5.41) is 4.03. The molecule has 0 fully saturated rings. The van der Waals surface area contributed by atoms with Crippen LogP contribution in [0, 0.1) is 13.8 Å². The lowest BCUT2D eigenvalue weighted by Crippen LogP contribution is -2.20. The van der Waals surface area contributed by atoms with Crippen molar-refractivity contribution in [3.05, 3.63) is 65.1 Å². The largest absolute Gasteiger partial charge is 0.496 e. The molecular formula is C18H18N4O2. The number of ether oxygens (including phenoxy) is 1. The molecule has 1 N–H and O–H groups in total. The van der Waals surface area contributed by atoms with E-state index in [1.54, 1.807) is 24.6 Å². The molecule has 0 radical (unpaired) electrons. The molecule has 1 amide bonds. The second-order valence-electron chi connectivity index (χ2n) is 5.42. The normalized spacial score (nSPS) is 11.1. The van der Waals surface area contributed by atoms with Crippen molar-refractivity contribution in [3.8, 4) is 5.75 Å². The quantitative estimate of drug-likeness (QED) is 0.593. The summed E-state index contributed by atoms with van der Waals surface area (Å²) in [6.07, 6.45) is 3.44. The summed E-state index contributed by atoms with van der Waals surface area (Å²) >= 11 is 0. The Kier molecular flexibility index (Phi) is 4.29. The maximum Gasteiger partial charge on any atom is 0.290 e. The number of amides is 1. The number of para-hydroxylation sites is 1. The molecule has 0 aliphatic carbocycles. The summed E-state index contributed by atoms with van der Waals surface area (Å²) in [7, 11) is 1.59. The first-order valence-corrected chi connectivity index (χ1v) is 7.52. The van der Waals surface area contributed by atoms with Crippen molar-refractivity contribution in [2.75, 3.05) is 7.11 Å². The van der Waals surface area contributed by atoms with Crippen LogP contribution >= 0.6 is 0 Å². The van der Waals surface area contributed by atoms with Gasteiger partial charge in [0.25, 0.3) is 5.91 Å². The second kappa shape index (κ2) is 6.54. The fraction of sp³-hybridized carbons (Fsp3) is 0.167. The van der Waals surface area contributed by atoms with E-state index in [1.807, 2.05) is 49.5 Å². The molecule has 0 saturated carbocycles. The summed E-state index contributed by atoms with van der Waals surface area (Å²) in [5.74, 6) is 0.383. The van der Waals surface area contributed by atoms with Crippen LogP contribution in [0.1, 0.15) is 27.3 Å². The molecule has 122 valence electrons. The number of carbonyl (C=O) groups excluding carboxylic acids is 1. The molecule has 2 aromatic heterocycles. The predicted octanol–water partition coefficient (Wildman–Crippen LogP) is 2.72. The van der Waals surface area contributed by atoms with Gasteiger partial charge >= 0.3 is 0 Å². The number of rotatable bonds is 4. The molecule has 24 heavy (non-hydrogen) atoms. The lowest BCUT2D eigenvalue weighted by molar-refractivity contribution is 0.0948. The minimum Gasteiger partial charge on any atom is -0.496 e. The molecule has 0 bridgehead atoms. The summed E-state index contributed by atoms with van der Waals surface area (Å²) in [4.78, 5) is 16.9. The number of hydrogen-bond donors (Lipinski definition) is 1. The highest BCUT2D eigenvalue weighted by molar-refractivity contribution is 5.95. The Labute approximate surface area is 139 Å². The van der Waals surface area contributed by atoms with Gasteiger partial charge in [0.05, 0.1) is 19.0 Å². The van der Waals surface area contributed by atoms with Crippen LogP contribution in [-0.2, 0) is 0 Å². The average Bonchev–Trinajstić information content (AvgIpc) is 2.90. The predicted molar refractivity (Wildman–Crippen MR) is 92.7 cm³/mol. The van der Waals surface area contributed by atoms with Gasteiger partial charge in [-0.05, 0) is 37.6 Å². The van der Waals surface area contributed by atoms with Gasteiger partial charge in [0.1, 0.15) is 17.1 Å².